The fraction of sp³-hybridized carbons (Fsp3) is 0.200. The molecule has 0 aliphatic rings. The van der Waals surface area contributed by atoms with Crippen LogP contribution in [0.2, 0.25) is 0 Å². The number of pyridine rings is 1. The van der Waals surface area contributed by atoms with Crippen LogP contribution in [0, 0.1) is 0 Å². The molecule has 0 fully saturated rings. The molecule has 5 nitrogen and oxygen atoms in total. The van der Waals surface area contributed by atoms with Crippen molar-refractivity contribution in [3.05, 3.63) is 60.6 Å². The predicted octanol–water partition coefficient (Wildman–Crippen LogP) is 4.36. The Kier molecular flexibility index (Phi) is 3.57. The number of carbonyl (C=O) groups excluding carboxylic acids is 1. The lowest BCUT2D eigenvalue weighted by Gasteiger charge is -2.14. The van der Waals surface area contributed by atoms with Crippen LogP contribution in [0.25, 0.3) is 21.9 Å². The number of aromatic nitrogens is 3. The Labute approximate surface area is 145 Å². The van der Waals surface area contributed by atoms with E-state index in [2.05, 4.69) is 45.4 Å². The number of hydrogen-bond donors (Lipinski definition) is 1. The quantitative estimate of drug-likeness (QED) is 0.606. The van der Waals surface area contributed by atoms with Crippen molar-refractivity contribution in [2.45, 2.75) is 19.9 Å². The molecule has 4 rings (SSSR count). The van der Waals surface area contributed by atoms with Gasteiger partial charge < -0.3 is 14.5 Å². The molecule has 4 aromatic rings. The van der Waals surface area contributed by atoms with Gasteiger partial charge in [0, 0.05) is 24.7 Å². The molecular formula is C20H20N4O. The first-order chi connectivity index (χ1) is 12.1. The van der Waals surface area contributed by atoms with E-state index < -0.39 is 0 Å². The maximum absolute atomic E-state index is 12.9. The van der Waals surface area contributed by atoms with Gasteiger partial charge in [0.25, 0.3) is 5.91 Å². The van der Waals surface area contributed by atoms with Crippen LogP contribution in [0.3, 0.4) is 0 Å². The first kappa shape index (κ1) is 15.4. The van der Waals surface area contributed by atoms with Crippen molar-refractivity contribution in [1.29, 1.82) is 0 Å². The fourth-order valence-electron chi connectivity index (χ4n) is 3.47. The Balaban J connectivity index is 1.91. The molecule has 0 saturated carbocycles. The van der Waals surface area contributed by atoms with Gasteiger partial charge in [-0.05, 0) is 38.1 Å². The largest absolute Gasteiger partial charge is 0.342 e. The van der Waals surface area contributed by atoms with Gasteiger partial charge in [-0.3, -0.25) is 9.78 Å². The summed E-state index contributed by atoms with van der Waals surface area (Å²) >= 11 is 0. The number of benzene rings is 1. The van der Waals surface area contributed by atoms with Crippen molar-refractivity contribution < 1.29 is 4.79 Å². The van der Waals surface area contributed by atoms with E-state index in [1.54, 1.807) is 18.5 Å². The number of carbonyl (C=O) groups is 1. The number of nitrogens with zero attached hydrogens (tertiary/aromatic N) is 3. The minimum Gasteiger partial charge on any atom is -0.342 e. The molecule has 3 heterocycles. The number of hydrogen-bond acceptors (Lipinski definition) is 2. The molecule has 0 radical (unpaired) electrons. The molecule has 0 aliphatic carbocycles. The summed E-state index contributed by atoms with van der Waals surface area (Å²) in [4.78, 5) is 16.9. The molecule has 1 N–H and O–H groups in total. The van der Waals surface area contributed by atoms with Gasteiger partial charge in [-0.2, -0.15) is 0 Å². The smallest absolute Gasteiger partial charge is 0.272 e. The van der Waals surface area contributed by atoms with Crippen LogP contribution < -0.4 is 5.32 Å². The topological polar surface area (TPSA) is 51.9 Å². The van der Waals surface area contributed by atoms with E-state index in [-0.39, 0.29) is 11.9 Å². The van der Waals surface area contributed by atoms with E-state index in [4.69, 9.17) is 0 Å². The zero-order valence-electron chi connectivity index (χ0n) is 14.5. The van der Waals surface area contributed by atoms with Crippen LogP contribution in [0.5, 0.6) is 0 Å². The second-order valence-electron chi connectivity index (χ2n) is 6.50. The molecule has 126 valence electrons. The second kappa shape index (κ2) is 5.77. The van der Waals surface area contributed by atoms with Crippen LogP contribution in [0.4, 0.5) is 5.69 Å². The standard InChI is InChI=1S/C20H20N4O/c1-13(2)24-18(20(25)22-14-7-6-10-21-12-14)11-17-19(24)15-8-4-5-9-16(15)23(17)3/h4-13H,1-3H3,(H,22,25). The molecule has 1 amide bonds. The average molecular weight is 332 g/mol. The van der Waals surface area contributed by atoms with Crippen molar-refractivity contribution in [3.8, 4) is 0 Å². The molecule has 5 heteroatoms. The van der Waals surface area contributed by atoms with E-state index in [9.17, 15) is 4.79 Å². The summed E-state index contributed by atoms with van der Waals surface area (Å²) in [6.45, 7) is 4.20. The highest BCUT2D eigenvalue weighted by Gasteiger charge is 2.22. The molecule has 3 aromatic heterocycles. The summed E-state index contributed by atoms with van der Waals surface area (Å²) in [6.07, 6.45) is 3.34. The highest BCUT2D eigenvalue weighted by atomic mass is 16.2. The minimum atomic E-state index is -0.123. The number of rotatable bonds is 3. The monoisotopic (exact) mass is 332 g/mol. The van der Waals surface area contributed by atoms with E-state index >= 15 is 0 Å². The van der Waals surface area contributed by atoms with Crippen LogP contribution in [-0.4, -0.2) is 20.0 Å². The normalized spacial score (nSPS) is 11.5. The molecule has 0 saturated heterocycles. The summed E-state index contributed by atoms with van der Waals surface area (Å²) in [5, 5.41) is 4.10. The number of anilines is 1. The highest BCUT2D eigenvalue weighted by molar-refractivity contribution is 6.12. The van der Waals surface area contributed by atoms with Gasteiger partial charge in [0.05, 0.1) is 28.4 Å². The predicted molar refractivity (Wildman–Crippen MR) is 101 cm³/mol. The lowest BCUT2D eigenvalue weighted by molar-refractivity contribution is 0.101. The van der Waals surface area contributed by atoms with Crippen LogP contribution in [0.15, 0.2) is 54.9 Å². The Morgan fingerprint density at radius 2 is 1.92 bits per heavy atom. The van der Waals surface area contributed by atoms with E-state index in [1.807, 2.05) is 31.3 Å². The summed E-state index contributed by atoms with van der Waals surface area (Å²) in [5.41, 5.74) is 4.68. The van der Waals surface area contributed by atoms with Crippen molar-refractivity contribution in [3.63, 3.8) is 0 Å². The van der Waals surface area contributed by atoms with Crippen LogP contribution in [-0.2, 0) is 7.05 Å². The molecular weight excluding hydrogens is 312 g/mol. The van der Waals surface area contributed by atoms with Gasteiger partial charge in [-0.25, -0.2) is 0 Å². The van der Waals surface area contributed by atoms with Gasteiger partial charge in [-0.15, -0.1) is 0 Å². The van der Waals surface area contributed by atoms with Crippen LogP contribution in [0.1, 0.15) is 30.4 Å². The summed E-state index contributed by atoms with van der Waals surface area (Å²) in [6, 6.07) is 14.1. The lowest BCUT2D eigenvalue weighted by atomic mass is 10.2. The molecule has 1 aromatic carbocycles. The van der Waals surface area contributed by atoms with Gasteiger partial charge in [-0.1, -0.05) is 18.2 Å². The van der Waals surface area contributed by atoms with Gasteiger partial charge in [0.15, 0.2) is 0 Å². The van der Waals surface area contributed by atoms with Crippen molar-refractivity contribution in [2.75, 3.05) is 5.32 Å². The number of amides is 1. The van der Waals surface area contributed by atoms with E-state index in [0.29, 0.717) is 11.4 Å². The minimum absolute atomic E-state index is 0.123. The maximum Gasteiger partial charge on any atom is 0.272 e. The van der Waals surface area contributed by atoms with Crippen molar-refractivity contribution in [1.82, 2.24) is 14.1 Å². The Hall–Kier alpha value is -3.08. The molecule has 0 spiro atoms. The Morgan fingerprint density at radius 1 is 1.12 bits per heavy atom. The summed E-state index contributed by atoms with van der Waals surface area (Å²) < 4.78 is 4.26. The average Bonchev–Trinajstić information content (AvgIpc) is 3.13. The summed E-state index contributed by atoms with van der Waals surface area (Å²) in [7, 11) is 2.04. The van der Waals surface area contributed by atoms with Gasteiger partial charge >= 0.3 is 0 Å². The lowest BCUT2D eigenvalue weighted by Crippen LogP contribution is -2.18. The molecule has 0 bridgehead atoms. The molecule has 25 heavy (non-hydrogen) atoms. The number of para-hydroxylation sites is 1. The van der Waals surface area contributed by atoms with Gasteiger partial charge in [0.2, 0.25) is 0 Å². The zero-order valence-corrected chi connectivity index (χ0v) is 14.5. The molecule has 0 atom stereocenters. The number of aryl methyl sites for hydroxylation is 1. The Bertz CT molecular complexity index is 1070. The number of nitrogens with one attached hydrogen (secondary N) is 1. The SMILES string of the molecule is CC(C)n1c(C(=O)Nc2cccnc2)cc2c1c1ccccc1n2C. The van der Waals surface area contributed by atoms with E-state index in [0.717, 1.165) is 16.4 Å². The second-order valence-corrected chi connectivity index (χ2v) is 6.50. The maximum atomic E-state index is 12.9. The van der Waals surface area contributed by atoms with Crippen molar-refractivity contribution in [2.24, 2.45) is 7.05 Å². The first-order valence-electron chi connectivity index (χ1n) is 8.37. The third-order valence-corrected chi connectivity index (χ3v) is 4.57. The summed E-state index contributed by atoms with van der Waals surface area (Å²) in [5.74, 6) is -0.123. The fourth-order valence-corrected chi connectivity index (χ4v) is 3.47. The highest BCUT2D eigenvalue weighted by Crippen LogP contribution is 2.33. The van der Waals surface area contributed by atoms with Crippen LogP contribution >= 0.6 is 0 Å². The van der Waals surface area contributed by atoms with Gasteiger partial charge in [0.1, 0.15) is 5.69 Å². The first-order valence-corrected chi connectivity index (χ1v) is 8.37. The zero-order chi connectivity index (χ0) is 17.6. The molecule has 0 aliphatic heterocycles. The third-order valence-electron chi connectivity index (χ3n) is 4.57. The molecule has 0 unspecified atom stereocenters. The Morgan fingerprint density at radius 3 is 2.64 bits per heavy atom. The third kappa shape index (κ3) is 2.39. The number of fused-ring (bicyclic) bond motifs is 3. The van der Waals surface area contributed by atoms with Crippen molar-refractivity contribution >= 4 is 33.5 Å². The van der Waals surface area contributed by atoms with E-state index in [1.165, 1.54) is 5.52 Å².